The number of anilines is 1. The van der Waals surface area contributed by atoms with Gasteiger partial charge in [-0.1, -0.05) is 0 Å². The van der Waals surface area contributed by atoms with Crippen molar-refractivity contribution in [3.63, 3.8) is 0 Å². The number of β-amino-alcohol motifs (C(OH)–C–C–N with tert-alkyl or cyclic N) is 1. The lowest BCUT2D eigenvalue weighted by Gasteiger charge is -2.36. The molecule has 284 valence electrons. The van der Waals surface area contributed by atoms with E-state index in [9.17, 15) is 5.11 Å². The van der Waals surface area contributed by atoms with Crippen LogP contribution in [0.5, 0.6) is 63.2 Å². The molecule has 8 rings (SSSR count). The van der Waals surface area contributed by atoms with Gasteiger partial charge >= 0.3 is 0 Å². The number of hydrogen-bond acceptors (Lipinski definition) is 13. The lowest BCUT2D eigenvalue weighted by molar-refractivity contribution is 0.175. The molecule has 0 radical (unpaired) electrons. The highest BCUT2D eigenvalue weighted by Gasteiger charge is 2.35. The van der Waals surface area contributed by atoms with Gasteiger partial charge in [0.15, 0.2) is 51.7 Å². The summed E-state index contributed by atoms with van der Waals surface area (Å²) in [7, 11) is 13.4. The molecule has 0 spiro atoms. The molecule has 3 aliphatic rings. The van der Waals surface area contributed by atoms with Gasteiger partial charge in [0, 0.05) is 57.9 Å². The van der Waals surface area contributed by atoms with Gasteiger partial charge in [-0.15, -0.1) is 0 Å². The van der Waals surface area contributed by atoms with Crippen LogP contribution in [0.4, 0.5) is 5.69 Å². The van der Waals surface area contributed by atoms with Crippen LogP contribution in [0.2, 0.25) is 0 Å². The summed E-state index contributed by atoms with van der Waals surface area (Å²) in [6, 6.07) is 11.4. The van der Waals surface area contributed by atoms with Gasteiger partial charge in [-0.3, -0.25) is 4.90 Å². The predicted octanol–water partition coefficient (Wildman–Crippen LogP) is 6.80. The van der Waals surface area contributed by atoms with E-state index in [2.05, 4.69) is 17.3 Å². The summed E-state index contributed by atoms with van der Waals surface area (Å²) in [5.74, 6) is 6.04. The smallest absolute Gasteiger partial charge is 0.231 e. The summed E-state index contributed by atoms with van der Waals surface area (Å²) >= 11 is 0. The normalized spacial score (nSPS) is 17.1. The number of aliphatic hydroxyl groups excluding tert-OH is 1. The van der Waals surface area contributed by atoms with Crippen molar-refractivity contribution in [3.8, 4) is 63.2 Å². The minimum absolute atomic E-state index is 0.0739. The van der Waals surface area contributed by atoms with Crippen molar-refractivity contribution in [2.24, 2.45) is 0 Å². The van der Waals surface area contributed by atoms with Gasteiger partial charge in [0.05, 0.1) is 61.6 Å². The molecule has 2 N–H and O–H groups in total. The van der Waals surface area contributed by atoms with Crippen LogP contribution < -0.4 is 52.7 Å². The summed E-state index contributed by atoms with van der Waals surface area (Å²) in [6.45, 7) is 1.13. The Hall–Kier alpha value is -5.66. The van der Waals surface area contributed by atoms with Crippen molar-refractivity contribution in [3.05, 3.63) is 58.7 Å². The topological polar surface area (TPSA) is 128 Å². The van der Waals surface area contributed by atoms with E-state index in [1.165, 1.54) is 0 Å². The number of ether oxygens (including phenoxy) is 10. The molecule has 3 aliphatic heterocycles. The minimum Gasteiger partial charge on any atom is -0.494 e. The first-order valence-electron chi connectivity index (χ1n) is 17.6. The molecule has 0 fully saturated rings. The van der Waals surface area contributed by atoms with Crippen LogP contribution >= 0.6 is 0 Å². The molecule has 0 saturated carbocycles. The number of benzene rings is 5. The summed E-state index contributed by atoms with van der Waals surface area (Å²) in [6.07, 6.45) is 0.438. The fourth-order valence-corrected chi connectivity index (χ4v) is 8.28. The second-order valence-corrected chi connectivity index (χ2v) is 13.4. The first-order chi connectivity index (χ1) is 26.3. The average molecular weight is 741 g/mol. The molecule has 3 heterocycles. The molecule has 13 heteroatoms. The van der Waals surface area contributed by atoms with E-state index in [1.54, 1.807) is 49.8 Å². The van der Waals surface area contributed by atoms with Crippen molar-refractivity contribution >= 4 is 27.2 Å². The Kier molecular flexibility index (Phi) is 9.14. The minimum atomic E-state index is -0.858. The standard InChI is InChI=1S/C41H44N2O11/c1-43-12-11-21-23(15-31(47-4)41(51-8)38(21)49-6)25(43)13-20-14-29(45-2)30(46-3)17-28(20)54-32-16-24-26(44)18-42-36-33(24)35(39(32)50-7)34-22(37(36)48-5)9-10-27-40(34)53-19-52-27/h9-10,14-17,25-26,42,44H,11-13,18-19H2,1-8H3. The van der Waals surface area contributed by atoms with Gasteiger partial charge in [0.2, 0.25) is 12.5 Å². The molecular weight excluding hydrogens is 696 g/mol. The lowest BCUT2D eigenvalue weighted by atomic mass is 9.87. The predicted molar refractivity (Wildman–Crippen MR) is 203 cm³/mol. The fraction of sp³-hybridized carbons (Fsp3) is 0.366. The number of aliphatic hydroxyl groups is 1. The van der Waals surface area contributed by atoms with Crippen LogP contribution in [-0.4, -0.2) is 86.7 Å². The van der Waals surface area contributed by atoms with E-state index >= 15 is 0 Å². The first kappa shape index (κ1) is 35.4. The van der Waals surface area contributed by atoms with E-state index < -0.39 is 6.10 Å². The quantitative estimate of drug-likeness (QED) is 0.138. The third kappa shape index (κ3) is 5.36. The number of likely N-dealkylation sites (N-methyl/N-ethyl adjacent to an activating group) is 1. The number of fused-ring (bicyclic) bond motifs is 5. The molecule has 0 aliphatic carbocycles. The highest BCUT2D eigenvalue weighted by molar-refractivity contribution is 6.23. The Bertz CT molecular complexity index is 2290. The van der Waals surface area contributed by atoms with Crippen LogP contribution in [0, 0.1) is 0 Å². The molecule has 0 amide bonds. The van der Waals surface area contributed by atoms with Gasteiger partial charge in [-0.05, 0) is 61.3 Å². The van der Waals surface area contributed by atoms with Gasteiger partial charge < -0.3 is 57.8 Å². The van der Waals surface area contributed by atoms with Crippen LogP contribution in [0.1, 0.15) is 34.4 Å². The highest BCUT2D eigenvalue weighted by atomic mass is 16.7. The van der Waals surface area contributed by atoms with E-state index in [-0.39, 0.29) is 19.4 Å². The maximum absolute atomic E-state index is 11.5. The van der Waals surface area contributed by atoms with Crippen LogP contribution in [0.25, 0.3) is 21.5 Å². The average Bonchev–Trinajstić information content (AvgIpc) is 3.68. The van der Waals surface area contributed by atoms with Crippen LogP contribution in [-0.2, 0) is 12.8 Å². The zero-order valence-electron chi connectivity index (χ0n) is 31.6. The number of hydrogen-bond donors (Lipinski definition) is 2. The summed E-state index contributed by atoms with van der Waals surface area (Å²) in [4.78, 5) is 2.31. The van der Waals surface area contributed by atoms with Crippen molar-refractivity contribution in [1.29, 1.82) is 0 Å². The van der Waals surface area contributed by atoms with Crippen molar-refractivity contribution in [2.45, 2.75) is 25.0 Å². The zero-order valence-corrected chi connectivity index (χ0v) is 31.6. The molecule has 2 atom stereocenters. The molecule has 0 saturated heterocycles. The molecule has 2 unspecified atom stereocenters. The second-order valence-electron chi connectivity index (χ2n) is 13.4. The molecule has 0 aromatic heterocycles. The number of nitrogens with one attached hydrogen (secondary N) is 1. The second kappa shape index (κ2) is 14.0. The Morgan fingerprint density at radius 2 is 1.41 bits per heavy atom. The first-order valence-corrected chi connectivity index (χ1v) is 17.6. The van der Waals surface area contributed by atoms with Crippen molar-refractivity contribution < 1.29 is 52.5 Å². The SMILES string of the molecule is COc1cc(CC2c3cc(OC)c(OC)c(OC)c3CCN2C)c(Oc2cc3c4c(c(OC)c5ccc6c(c5c4c2OC)OCO6)NCC3O)cc1OC. The van der Waals surface area contributed by atoms with E-state index in [0.717, 1.165) is 51.5 Å². The Labute approximate surface area is 313 Å². The summed E-state index contributed by atoms with van der Waals surface area (Å²) in [5, 5.41) is 17.8. The zero-order chi connectivity index (χ0) is 37.8. The van der Waals surface area contributed by atoms with E-state index in [1.807, 2.05) is 36.4 Å². The Morgan fingerprint density at radius 3 is 2.11 bits per heavy atom. The van der Waals surface area contributed by atoms with Gasteiger partial charge in [0.1, 0.15) is 5.75 Å². The molecular formula is C41H44N2O11. The largest absolute Gasteiger partial charge is 0.494 e. The third-order valence-corrected chi connectivity index (χ3v) is 10.8. The number of nitrogens with zero attached hydrogens (tertiary/aromatic N) is 1. The maximum atomic E-state index is 11.5. The number of methoxy groups -OCH3 is 7. The monoisotopic (exact) mass is 740 g/mol. The van der Waals surface area contributed by atoms with Crippen LogP contribution in [0.3, 0.4) is 0 Å². The summed E-state index contributed by atoms with van der Waals surface area (Å²) in [5.41, 5.74) is 4.38. The molecule has 13 nitrogen and oxygen atoms in total. The summed E-state index contributed by atoms with van der Waals surface area (Å²) < 4.78 is 60.1. The van der Waals surface area contributed by atoms with E-state index in [4.69, 9.17) is 47.4 Å². The third-order valence-electron chi connectivity index (χ3n) is 10.8. The van der Waals surface area contributed by atoms with Crippen molar-refractivity contribution in [1.82, 2.24) is 4.90 Å². The lowest BCUT2D eigenvalue weighted by Crippen LogP contribution is -2.34. The number of rotatable bonds is 11. The van der Waals surface area contributed by atoms with Crippen molar-refractivity contribution in [2.75, 3.05) is 82.0 Å². The van der Waals surface area contributed by atoms with Gasteiger partial charge in [-0.25, -0.2) is 0 Å². The van der Waals surface area contributed by atoms with Crippen LogP contribution in [0.15, 0.2) is 36.4 Å². The molecule has 5 aromatic carbocycles. The Balaban J connectivity index is 1.34. The molecule has 5 aromatic rings. The maximum Gasteiger partial charge on any atom is 0.231 e. The fourth-order valence-electron chi connectivity index (χ4n) is 8.28. The van der Waals surface area contributed by atoms with Gasteiger partial charge in [-0.2, -0.15) is 0 Å². The Morgan fingerprint density at radius 1 is 0.704 bits per heavy atom. The van der Waals surface area contributed by atoms with E-state index in [0.29, 0.717) is 80.6 Å². The molecule has 0 bridgehead atoms. The van der Waals surface area contributed by atoms with Gasteiger partial charge in [0.25, 0.3) is 0 Å². The molecule has 54 heavy (non-hydrogen) atoms. The highest BCUT2D eigenvalue weighted by Crippen LogP contribution is 2.57.